The third-order valence-electron chi connectivity index (χ3n) is 13.6. The maximum absolute atomic E-state index is 5.31. The average Bonchev–Trinajstić information content (AvgIpc) is 3.93. The lowest BCUT2D eigenvalue weighted by atomic mass is 9.67. The molecule has 0 bridgehead atoms. The first-order valence-corrected chi connectivity index (χ1v) is 23.4. The topological polar surface area (TPSA) is 25.8 Å². The van der Waals surface area contributed by atoms with E-state index in [4.69, 9.17) is 9.97 Å². The van der Waals surface area contributed by atoms with Crippen LogP contribution >= 0.6 is 11.3 Å². The lowest BCUT2D eigenvalue weighted by molar-refractivity contribution is 0.768. The van der Waals surface area contributed by atoms with Crippen molar-refractivity contribution in [2.75, 3.05) is 0 Å². The van der Waals surface area contributed by atoms with Gasteiger partial charge in [-0.2, -0.15) is 0 Å². The monoisotopic (exact) mass is 856 g/mol. The van der Waals surface area contributed by atoms with Gasteiger partial charge in [-0.25, -0.2) is 9.97 Å². The predicted octanol–water partition coefficient (Wildman–Crippen LogP) is 16.7. The van der Waals surface area contributed by atoms with Gasteiger partial charge in [-0.3, -0.25) is 0 Å². The quantitative estimate of drug-likeness (QED) is 0.160. The third-order valence-corrected chi connectivity index (χ3v) is 14.8. The summed E-state index contributed by atoms with van der Waals surface area (Å²) < 4.78 is 2.51. The van der Waals surface area contributed by atoms with Crippen LogP contribution in [0.15, 0.2) is 243 Å². The molecule has 0 aliphatic heterocycles. The minimum Gasteiger partial charge on any atom is -0.228 e. The molecular formula is C63H40N2S. The summed E-state index contributed by atoms with van der Waals surface area (Å²) in [7, 11) is 0. The Morgan fingerprint density at radius 1 is 0.318 bits per heavy atom. The zero-order valence-electron chi connectivity index (χ0n) is 35.9. The second kappa shape index (κ2) is 15.5. The molecule has 0 N–H and O–H groups in total. The zero-order chi connectivity index (χ0) is 43.6. The Hall–Kier alpha value is -8.24. The van der Waals surface area contributed by atoms with Crippen LogP contribution in [0, 0.1) is 0 Å². The number of thiophene rings is 1. The van der Waals surface area contributed by atoms with Crippen molar-refractivity contribution in [3.05, 3.63) is 265 Å². The lowest BCUT2D eigenvalue weighted by Gasteiger charge is -2.34. The molecule has 13 rings (SSSR count). The van der Waals surface area contributed by atoms with Crippen LogP contribution in [0.3, 0.4) is 0 Å². The molecule has 0 atom stereocenters. The van der Waals surface area contributed by atoms with E-state index in [1.807, 2.05) is 17.4 Å². The molecule has 0 amide bonds. The van der Waals surface area contributed by atoms with E-state index in [0.29, 0.717) is 5.82 Å². The molecule has 0 unspecified atom stereocenters. The second-order valence-corrected chi connectivity index (χ2v) is 18.2. The number of hydrogen-bond donors (Lipinski definition) is 0. The number of fused-ring (bicyclic) bond motifs is 7. The molecule has 12 aromatic rings. The van der Waals surface area contributed by atoms with Crippen LogP contribution in [0.2, 0.25) is 0 Å². The van der Waals surface area contributed by atoms with Crippen molar-refractivity contribution in [2.45, 2.75) is 5.41 Å². The summed E-state index contributed by atoms with van der Waals surface area (Å²) in [6, 6.07) is 88.2. The van der Waals surface area contributed by atoms with Crippen molar-refractivity contribution in [3.63, 3.8) is 0 Å². The fourth-order valence-electron chi connectivity index (χ4n) is 10.7. The van der Waals surface area contributed by atoms with Crippen LogP contribution in [-0.4, -0.2) is 9.97 Å². The molecule has 308 valence electrons. The van der Waals surface area contributed by atoms with Crippen LogP contribution in [0.5, 0.6) is 0 Å². The second-order valence-electron chi connectivity index (χ2n) is 17.1. The van der Waals surface area contributed by atoms with Crippen molar-refractivity contribution >= 4 is 42.3 Å². The van der Waals surface area contributed by atoms with E-state index in [0.717, 1.165) is 33.5 Å². The molecule has 0 saturated carbocycles. The molecule has 2 heterocycles. The highest BCUT2D eigenvalue weighted by Crippen LogP contribution is 2.58. The highest BCUT2D eigenvalue weighted by atomic mass is 32.1. The maximum Gasteiger partial charge on any atom is 0.160 e. The molecule has 1 aliphatic carbocycles. The van der Waals surface area contributed by atoms with Crippen molar-refractivity contribution in [2.24, 2.45) is 0 Å². The Balaban J connectivity index is 0.933. The zero-order valence-corrected chi connectivity index (χ0v) is 36.7. The van der Waals surface area contributed by atoms with Gasteiger partial charge in [0, 0.05) is 36.9 Å². The molecule has 3 heteroatoms. The summed E-state index contributed by atoms with van der Waals surface area (Å²) in [6.07, 6.45) is 0. The van der Waals surface area contributed by atoms with E-state index < -0.39 is 5.41 Å². The van der Waals surface area contributed by atoms with Gasteiger partial charge in [0.1, 0.15) is 0 Å². The van der Waals surface area contributed by atoms with Gasteiger partial charge in [-0.15, -0.1) is 11.3 Å². The van der Waals surface area contributed by atoms with Crippen molar-refractivity contribution < 1.29 is 0 Å². The first kappa shape index (κ1) is 38.2. The molecule has 0 radical (unpaired) electrons. The molecule has 10 aromatic carbocycles. The number of nitrogens with zero attached hydrogens (tertiary/aromatic N) is 2. The summed E-state index contributed by atoms with van der Waals surface area (Å²) in [5.74, 6) is 0.713. The van der Waals surface area contributed by atoms with Crippen LogP contribution in [-0.2, 0) is 5.41 Å². The van der Waals surface area contributed by atoms with Gasteiger partial charge in [-0.1, -0.05) is 231 Å². The molecule has 2 nitrogen and oxygen atoms in total. The molecular weight excluding hydrogens is 817 g/mol. The number of aromatic nitrogens is 2. The number of hydrogen-bond acceptors (Lipinski definition) is 3. The average molecular weight is 857 g/mol. The fourth-order valence-corrected chi connectivity index (χ4v) is 12.0. The van der Waals surface area contributed by atoms with Crippen LogP contribution in [0.4, 0.5) is 0 Å². The number of rotatable bonds is 7. The summed E-state index contributed by atoms with van der Waals surface area (Å²) in [6.45, 7) is 0. The largest absolute Gasteiger partial charge is 0.228 e. The van der Waals surface area contributed by atoms with E-state index in [1.54, 1.807) is 0 Å². The van der Waals surface area contributed by atoms with E-state index >= 15 is 0 Å². The minimum atomic E-state index is -0.441. The van der Waals surface area contributed by atoms with Crippen LogP contribution in [0.25, 0.3) is 98.2 Å². The predicted molar refractivity (Wildman–Crippen MR) is 277 cm³/mol. The maximum atomic E-state index is 5.31. The normalized spacial score (nSPS) is 12.7. The SMILES string of the molecule is c1ccc(-c2nc(-c3ccc(-c4ccc(-c5cccc6c5-c5ccccc5C6(c5ccccc5)c5ccccc5)cc4)c4ccccc34)cc(-c3cccc4c3sc3ccccc34)n2)cc1. The fraction of sp³-hybridized carbons (Fsp3) is 0.0159. The van der Waals surface area contributed by atoms with Gasteiger partial charge in [-0.05, 0) is 78.5 Å². The molecule has 1 aliphatic rings. The lowest BCUT2D eigenvalue weighted by Crippen LogP contribution is -2.28. The molecule has 0 fully saturated rings. The van der Waals surface area contributed by atoms with Gasteiger partial charge in [0.15, 0.2) is 5.82 Å². The first-order chi connectivity index (χ1) is 32.7. The summed E-state index contributed by atoms with van der Waals surface area (Å²) in [5, 5.41) is 4.86. The Morgan fingerprint density at radius 2 is 0.818 bits per heavy atom. The molecule has 2 aromatic heterocycles. The van der Waals surface area contributed by atoms with Gasteiger partial charge in [0.2, 0.25) is 0 Å². The Bertz CT molecular complexity index is 3760. The van der Waals surface area contributed by atoms with E-state index in [-0.39, 0.29) is 0 Å². The standard InChI is InChI=1S/C63H40N2S/c1-4-18-43(19-5-1)62-64-57(40-58(65-62)54-30-16-29-52-51-26-13-15-33-59(51)66-61(52)54)50-39-38-46(48-24-10-11-25-49(48)50)41-34-36-42(37-35-41)47-28-17-32-56-60(47)53-27-12-14-31-55(53)63(56,44-20-6-2-7-21-44)45-22-8-3-9-23-45/h1-40H. The highest BCUT2D eigenvalue weighted by Gasteiger charge is 2.46. The molecule has 0 saturated heterocycles. The Labute approximate surface area is 387 Å². The Morgan fingerprint density at radius 3 is 1.55 bits per heavy atom. The minimum absolute atomic E-state index is 0.441. The summed E-state index contributed by atoms with van der Waals surface area (Å²) in [5.41, 5.74) is 17.1. The smallest absolute Gasteiger partial charge is 0.160 e. The van der Waals surface area contributed by atoms with Gasteiger partial charge in [0.25, 0.3) is 0 Å². The van der Waals surface area contributed by atoms with E-state index in [9.17, 15) is 0 Å². The van der Waals surface area contributed by atoms with Crippen molar-refractivity contribution in [3.8, 4) is 67.3 Å². The van der Waals surface area contributed by atoms with Gasteiger partial charge >= 0.3 is 0 Å². The van der Waals surface area contributed by atoms with Gasteiger partial charge in [0.05, 0.1) is 16.8 Å². The summed E-state index contributed by atoms with van der Waals surface area (Å²) in [4.78, 5) is 10.6. The van der Waals surface area contributed by atoms with E-state index in [2.05, 4.69) is 237 Å². The third kappa shape index (κ3) is 5.94. The van der Waals surface area contributed by atoms with Crippen molar-refractivity contribution in [1.29, 1.82) is 0 Å². The highest BCUT2D eigenvalue weighted by molar-refractivity contribution is 7.26. The van der Waals surface area contributed by atoms with Crippen LogP contribution < -0.4 is 0 Å². The van der Waals surface area contributed by atoms with Gasteiger partial charge < -0.3 is 0 Å². The molecule has 66 heavy (non-hydrogen) atoms. The molecule has 0 spiro atoms. The van der Waals surface area contributed by atoms with E-state index in [1.165, 1.54) is 81.2 Å². The van der Waals surface area contributed by atoms with Crippen molar-refractivity contribution in [1.82, 2.24) is 9.97 Å². The number of benzene rings is 10. The summed E-state index contributed by atoms with van der Waals surface area (Å²) >= 11 is 1.83. The Kier molecular flexibility index (Phi) is 8.97. The van der Waals surface area contributed by atoms with Crippen LogP contribution in [0.1, 0.15) is 22.3 Å². The first-order valence-electron chi connectivity index (χ1n) is 22.6.